The molecule has 1 unspecified atom stereocenters. The highest BCUT2D eigenvalue weighted by Gasteiger charge is 2.45. The first-order valence-corrected chi connectivity index (χ1v) is 9.85. The van der Waals surface area contributed by atoms with Gasteiger partial charge in [0.05, 0.1) is 11.6 Å². The quantitative estimate of drug-likeness (QED) is 0.450. The van der Waals surface area contributed by atoms with Gasteiger partial charge in [0.1, 0.15) is 5.76 Å². The van der Waals surface area contributed by atoms with E-state index in [2.05, 4.69) is 0 Å². The van der Waals surface area contributed by atoms with Crippen molar-refractivity contribution < 1.29 is 24.2 Å². The van der Waals surface area contributed by atoms with E-state index >= 15 is 0 Å². The third-order valence-electron chi connectivity index (χ3n) is 5.31. The van der Waals surface area contributed by atoms with Gasteiger partial charge in [-0.25, -0.2) is 0 Å². The molecule has 1 N–H and O–H groups in total. The molecular formula is C23H24N2O5. The summed E-state index contributed by atoms with van der Waals surface area (Å²) in [6.07, 6.45) is 0.716. The van der Waals surface area contributed by atoms with E-state index in [-0.39, 0.29) is 18.1 Å². The Morgan fingerprint density at radius 1 is 1.10 bits per heavy atom. The van der Waals surface area contributed by atoms with E-state index in [0.29, 0.717) is 30.0 Å². The van der Waals surface area contributed by atoms with Crippen LogP contribution in [0.15, 0.2) is 54.1 Å². The first kappa shape index (κ1) is 20.0. The normalized spacial score (nSPS) is 19.7. The van der Waals surface area contributed by atoms with Crippen LogP contribution in [0.2, 0.25) is 0 Å². The number of aliphatic hydroxyl groups is 1. The van der Waals surface area contributed by atoms with Crippen LogP contribution in [-0.4, -0.2) is 60.6 Å². The number of nitrogens with zero attached hydrogens (tertiary/aromatic N) is 2. The molecule has 0 saturated carbocycles. The predicted molar refractivity (Wildman–Crippen MR) is 111 cm³/mol. The summed E-state index contributed by atoms with van der Waals surface area (Å²) < 4.78 is 10.7. The largest absolute Gasteiger partial charge is 0.507 e. The number of Topliss-reactive ketones (excluding diaryl/α,β-unsaturated/α-hetero) is 1. The second-order valence-corrected chi connectivity index (χ2v) is 7.63. The lowest BCUT2D eigenvalue weighted by Gasteiger charge is -2.26. The maximum absolute atomic E-state index is 13.0. The average molecular weight is 408 g/mol. The number of amides is 1. The summed E-state index contributed by atoms with van der Waals surface area (Å²) in [4.78, 5) is 29.4. The Morgan fingerprint density at radius 3 is 2.57 bits per heavy atom. The average Bonchev–Trinajstić information content (AvgIpc) is 3.31. The van der Waals surface area contributed by atoms with Crippen LogP contribution < -0.4 is 9.47 Å². The number of carbonyl (C=O) groups is 2. The van der Waals surface area contributed by atoms with Crippen LogP contribution in [0.4, 0.5) is 0 Å². The van der Waals surface area contributed by atoms with Gasteiger partial charge in [-0.3, -0.25) is 9.59 Å². The lowest BCUT2D eigenvalue weighted by atomic mass is 9.95. The minimum Gasteiger partial charge on any atom is -0.507 e. The van der Waals surface area contributed by atoms with Crippen molar-refractivity contribution in [3.05, 3.63) is 65.2 Å². The Hall–Kier alpha value is -3.32. The molecule has 0 bridgehead atoms. The maximum Gasteiger partial charge on any atom is 0.295 e. The number of hydrogen-bond acceptors (Lipinski definition) is 6. The third-order valence-corrected chi connectivity index (χ3v) is 5.31. The smallest absolute Gasteiger partial charge is 0.295 e. The zero-order valence-electron chi connectivity index (χ0n) is 17.0. The molecule has 1 fully saturated rings. The van der Waals surface area contributed by atoms with Gasteiger partial charge in [0.25, 0.3) is 11.7 Å². The minimum absolute atomic E-state index is 0.0925. The van der Waals surface area contributed by atoms with Crippen molar-refractivity contribution in [3.8, 4) is 11.5 Å². The van der Waals surface area contributed by atoms with Crippen molar-refractivity contribution >= 4 is 17.4 Å². The maximum atomic E-state index is 13.0. The van der Waals surface area contributed by atoms with Crippen LogP contribution >= 0.6 is 0 Å². The van der Waals surface area contributed by atoms with Crippen molar-refractivity contribution in [2.24, 2.45) is 0 Å². The van der Waals surface area contributed by atoms with E-state index in [1.807, 2.05) is 49.3 Å². The van der Waals surface area contributed by atoms with Crippen LogP contribution in [0.25, 0.3) is 5.76 Å². The molecule has 2 aliphatic heterocycles. The van der Waals surface area contributed by atoms with Gasteiger partial charge >= 0.3 is 0 Å². The summed E-state index contributed by atoms with van der Waals surface area (Å²) in [5, 5.41) is 11.1. The summed E-state index contributed by atoms with van der Waals surface area (Å²) >= 11 is 0. The molecule has 0 aliphatic carbocycles. The van der Waals surface area contributed by atoms with Gasteiger partial charge in [-0.1, -0.05) is 30.3 Å². The van der Waals surface area contributed by atoms with Crippen LogP contribution in [0, 0.1) is 0 Å². The van der Waals surface area contributed by atoms with Gasteiger partial charge in [-0.05, 0) is 50.8 Å². The van der Waals surface area contributed by atoms with E-state index in [1.54, 1.807) is 23.1 Å². The van der Waals surface area contributed by atoms with Crippen LogP contribution in [-0.2, 0) is 9.59 Å². The predicted octanol–water partition coefficient (Wildman–Crippen LogP) is 2.79. The highest BCUT2D eigenvalue weighted by molar-refractivity contribution is 6.46. The van der Waals surface area contributed by atoms with Crippen LogP contribution in [0.5, 0.6) is 11.5 Å². The molecule has 7 nitrogen and oxygen atoms in total. The lowest BCUT2D eigenvalue weighted by Crippen LogP contribution is -2.32. The minimum atomic E-state index is -0.677. The number of fused-ring (bicyclic) bond motifs is 1. The standard InChI is InChI=1S/C23H24N2O5/c1-24(2)11-6-12-25-20(15-7-4-3-5-8-15)19(22(27)23(25)28)21(26)16-9-10-17-18(13-16)30-14-29-17/h3-5,7-10,13,20,26H,6,11-12,14H2,1-2H3/b21-19-. The second-order valence-electron chi connectivity index (χ2n) is 7.63. The van der Waals surface area contributed by atoms with Gasteiger partial charge in [0.2, 0.25) is 6.79 Å². The van der Waals surface area contributed by atoms with E-state index in [0.717, 1.165) is 12.1 Å². The summed E-state index contributed by atoms with van der Waals surface area (Å²) in [7, 11) is 3.92. The van der Waals surface area contributed by atoms with Crippen LogP contribution in [0.1, 0.15) is 23.6 Å². The zero-order chi connectivity index (χ0) is 21.3. The molecule has 0 aromatic heterocycles. The van der Waals surface area contributed by atoms with Gasteiger partial charge in [-0.15, -0.1) is 0 Å². The summed E-state index contributed by atoms with van der Waals surface area (Å²) in [6, 6.07) is 13.6. The number of carbonyl (C=O) groups excluding carboxylic acids is 2. The molecule has 2 aromatic rings. The monoisotopic (exact) mass is 408 g/mol. The molecule has 4 rings (SSSR count). The molecular weight excluding hydrogens is 384 g/mol. The van der Waals surface area contributed by atoms with E-state index in [1.165, 1.54) is 0 Å². The number of ketones is 1. The fraction of sp³-hybridized carbons (Fsp3) is 0.304. The van der Waals surface area contributed by atoms with E-state index in [9.17, 15) is 14.7 Å². The van der Waals surface area contributed by atoms with Gasteiger partial charge in [0, 0.05) is 12.1 Å². The molecule has 2 heterocycles. The van der Waals surface area contributed by atoms with E-state index in [4.69, 9.17) is 9.47 Å². The van der Waals surface area contributed by atoms with Gasteiger partial charge in [0.15, 0.2) is 11.5 Å². The molecule has 1 amide bonds. The van der Waals surface area contributed by atoms with Crippen molar-refractivity contribution in [1.29, 1.82) is 0 Å². The Morgan fingerprint density at radius 2 is 1.83 bits per heavy atom. The Kier molecular flexibility index (Phi) is 5.46. The molecule has 2 aliphatic rings. The number of aliphatic hydroxyl groups excluding tert-OH is 1. The Balaban J connectivity index is 1.77. The number of hydrogen-bond donors (Lipinski definition) is 1. The molecule has 1 saturated heterocycles. The Bertz CT molecular complexity index is 1000. The first-order chi connectivity index (χ1) is 14.5. The molecule has 156 valence electrons. The molecule has 0 radical (unpaired) electrons. The number of ether oxygens (including phenoxy) is 2. The number of likely N-dealkylation sites (tertiary alicyclic amines) is 1. The fourth-order valence-electron chi connectivity index (χ4n) is 3.85. The summed E-state index contributed by atoms with van der Waals surface area (Å²) in [6.45, 7) is 1.31. The molecule has 30 heavy (non-hydrogen) atoms. The van der Waals surface area contributed by atoms with Crippen LogP contribution in [0.3, 0.4) is 0 Å². The highest BCUT2D eigenvalue weighted by atomic mass is 16.7. The van der Waals surface area contributed by atoms with Crippen molar-refractivity contribution in [2.45, 2.75) is 12.5 Å². The molecule has 2 aromatic carbocycles. The van der Waals surface area contributed by atoms with E-state index < -0.39 is 17.7 Å². The first-order valence-electron chi connectivity index (χ1n) is 9.85. The highest BCUT2D eigenvalue weighted by Crippen LogP contribution is 2.41. The molecule has 7 heteroatoms. The van der Waals surface area contributed by atoms with Gasteiger partial charge in [-0.2, -0.15) is 0 Å². The fourth-order valence-corrected chi connectivity index (χ4v) is 3.85. The Labute approximate surface area is 175 Å². The SMILES string of the molecule is CN(C)CCCN1C(=O)C(=O)/C(=C(\O)c2ccc3c(c2)OCO3)C1c1ccccc1. The van der Waals surface area contributed by atoms with Gasteiger partial charge < -0.3 is 24.4 Å². The third kappa shape index (κ3) is 3.64. The zero-order valence-corrected chi connectivity index (χ0v) is 17.0. The molecule has 0 spiro atoms. The topological polar surface area (TPSA) is 79.3 Å². The number of rotatable bonds is 6. The summed E-state index contributed by atoms with van der Waals surface area (Å²) in [5.41, 5.74) is 1.28. The van der Waals surface area contributed by atoms with Crippen molar-refractivity contribution in [2.75, 3.05) is 34.0 Å². The molecule has 1 atom stereocenters. The second kappa shape index (κ2) is 8.20. The number of benzene rings is 2. The lowest BCUT2D eigenvalue weighted by molar-refractivity contribution is -0.139. The van der Waals surface area contributed by atoms with Crippen molar-refractivity contribution in [3.63, 3.8) is 0 Å². The summed E-state index contributed by atoms with van der Waals surface area (Å²) in [5.74, 6) is -0.407. The van der Waals surface area contributed by atoms with Crippen molar-refractivity contribution in [1.82, 2.24) is 9.80 Å².